The van der Waals surface area contributed by atoms with E-state index in [1.54, 1.807) is 75.6 Å². The molecule has 10 heteroatoms. The van der Waals surface area contributed by atoms with Crippen molar-refractivity contribution in [2.24, 2.45) is 0 Å². The Kier molecular flexibility index (Phi) is 9.87. The maximum atomic E-state index is 14.0. The number of carbonyl (C=O) groups excluding carboxylic acids is 2. The quantitative estimate of drug-likeness (QED) is 0.353. The minimum atomic E-state index is -4.17. The van der Waals surface area contributed by atoms with Crippen molar-refractivity contribution in [3.05, 3.63) is 88.9 Å². The lowest BCUT2D eigenvalue weighted by molar-refractivity contribution is -0.140. The van der Waals surface area contributed by atoms with Gasteiger partial charge < -0.3 is 15.0 Å². The average molecular weight is 586 g/mol. The van der Waals surface area contributed by atoms with Crippen molar-refractivity contribution < 1.29 is 22.7 Å². The summed E-state index contributed by atoms with van der Waals surface area (Å²) in [6, 6.07) is 19.0. The Bertz CT molecular complexity index is 1460. The van der Waals surface area contributed by atoms with E-state index < -0.39 is 34.1 Å². The number of carbonyl (C=O) groups is 2. The summed E-state index contributed by atoms with van der Waals surface area (Å²) in [5.74, 6) is -0.321. The maximum absolute atomic E-state index is 14.0. The van der Waals surface area contributed by atoms with Crippen LogP contribution in [0.3, 0.4) is 0 Å². The van der Waals surface area contributed by atoms with E-state index >= 15 is 0 Å². The summed E-state index contributed by atoms with van der Waals surface area (Å²) >= 11 is 6.36. The van der Waals surface area contributed by atoms with Crippen LogP contribution in [0.1, 0.15) is 38.8 Å². The lowest BCUT2D eigenvalue weighted by Crippen LogP contribution is -2.54. The molecule has 40 heavy (non-hydrogen) atoms. The summed E-state index contributed by atoms with van der Waals surface area (Å²) in [4.78, 5) is 28.7. The van der Waals surface area contributed by atoms with E-state index in [1.807, 2.05) is 26.8 Å². The van der Waals surface area contributed by atoms with Gasteiger partial charge in [-0.2, -0.15) is 0 Å². The van der Waals surface area contributed by atoms with Crippen LogP contribution in [0.4, 0.5) is 5.69 Å². The molecule has 0 radical (unpaired) electrons. The van der Waals surface area contributed by atoms with Crippen molar-refractivity contribution in [1.82, 2.24) is 10.2 Å². The van der Waals surface area contributed by atoms with Gasteiger partial charge in [0.05, 0.1) is 17.7 Å². The van der Waals surface area contributed by atoms with Gasteiger partial charge in [0.15, 0.2) is 0 Å². The summed E-state index contributed by atoms with van der Waals surface area (Å²) in [7, 11) is -2.63. The Balaban J connectivity index is 2.08. The number of ether oxygens (including phenoxy) is 1. The van der Waals surface area contributed by atoms with E-state index in [9.17, 15) is 18.0 Å². The zero-order chi connectivity index (χ0) is 29.7. The summed E-state index contributed by atoms with van der Waals surface area (Å²) in [6.07, 6.45) is 0. The van der Waals surface area contributed by atoms with Gasteiger partial charge >= 0.3 is 0 Å². The number of rotatable bonds is 10. The van der Waals surface area contributed by atoms with E-state index in [-0.39, 0.29) is 23.0 Å². The third kappa shape index (κ3) is 7.55. The second-order valence-corrected chi connectivity index (χ2v) is 12.8. The van der Waals surface area contributed by atoms with Gasteiger partial charge in [-0.1, -0.05) is 48.0 Å². The Morgan fingerprint density at radius 1 is 1.00 bits per heavy atom. The van der Waals surface area contributed by atoms with Crippen LogP contribution >= 0.6 is 11.6 Å². The molecule has 0 saturated carbocycles. The standard InChI is InChI=1S/C30H36ClN3O5S/c1-21-26(31)16-11-17-27(21)34(40(37,38)25-14-8-7-9-15-25)20-28(35)33(22(2)29(36)32-30(3,4)5)19-23-12-10-13-24(18-23)39-6/h7-18,22H,19-20H2,1-6H3,(H,32,36). The molecule has 0 spiro atoms. The first-order chi connectivity index (χ1) is 18.7. The lowest BCUT2D eigenvalue weighted by atomic mass is 10.1. The highest BCUT2D eigenvalue weighted by atomic mass is 35.5. The highest BCUT2D eigenvalue weighted by Crippen LogP contribution is 2.31. The third-order valence-electron chi connectivity index (χ3n) is 6.27. The number of sulfonamides is 1. The molecule has 1 unspecified atom stereocenters. The first-order valence-corrected chi connectivity index (χ1v) is 14.6. The predicted molar refractivity (Wildman–Crippen MR) is 158 cm³/mol. The van der Waals surface area contributed by atoms with Gasteiger partial charge in [-0.25, -0.2) is 8.42 Å². The highest BCUT2D eigenvalue weighted by molar-refractivity contribution is 7.92. The van der Waals surface area contributed by atoms with Crippen LogP contribution < -0.4 is 14.4 Å². The number of nitrogens with one attached hydrogen (secondary N) is 1. The van der Waals surface area contributed by atoms with Crippen molar-refractivity contribution in [3.8, 4) is 5.75 Å². The summed E-state index contributed by atoms with van der Waals surface area (Å²) < 4.78 is 34.2. The fourth-order valence-corrected chi connectivity index (χ4v) is 5.79. The lowest BCUT2D eigenvalue weighted by Gasteiger charge is -2.34. The van der Waals surface area contributed by atoms with Crippen LogP contribution in [0.2, 0.25) is 5.02 Å². The van der Waals surface area contributed by atoms with E-state index in [4.69, 9.17) is 16.3 Å². The molecule has 3 rings (SSSR count). The molecule has 3 aromatic carbocycles. The summed E-state index contributed by atoms with van der Waals surface area (Å²) in [5.41, 5.74) is 0.975. The molecule has 8 nitrogen and oxygen atoms in total. The molecule has 1 atom stereocenters. The molecule has 214 valence electrons. The first kappa shape index (κ1) is 31.0. The number of amides is 2. The second kappa shape index (κ2) is 12.7. The molecule has 0 aliphatic carbocycles. The smallest absolute Gasteiger partial charge is 0.264 e. The Labute approximate surface area is 241 Å². The molecule has 2 amide bonds. The van der Waals surface area contributed by atoms with Crippen LogP contribution in [-0.4, -0.2) is 50.4 Å². The first-order valence-electron chi connectivity index (χ1n) is 12.8. The predicted octanol–water partition coefficient (Wildman–Crippen LogP) is 5.18. The topological polar surface area (TPSA) is 96.0 Å². The van der Waals surface area contributed by atoms with Crippen LogP contribution in [0.5, 0.6) is 5.75 Å². The Morgan fingerprint density at radius 2 is 1.65 bits per heavy atom. The molecule has 0 saturated heterocycles. The zero-order valence-electron chi connectivity index (χ0n) is 23.6. The van der Waals surface area contributed by atoms with Gasteiger partial charge in [-0.15, -0.1) is 0 Å². The van der Waals surface area contributed by atoms with E-state index in [1.165, 1.54) is 17.0 Å². The maximum Gasteiger partial charge on any atom is 0.264 e. The van der Waals surface area contributed by atoms with Crippen LogP contribution in [-0.2, 0) is 26.2 Å². The molecule has 0 aromatic heterocycles. The number of halogens is 1. The average Bonchev–Trinajstić information content (AvgIpc) is 2.91. The van der Waals surface area contributed by atoms with Crippen molar-refractivity contribution >= 4 is 39.1 Å². The summed E-state index contributed by atoms with van der Waals surface area (Å²) in [5, 5.41) is 3.28. The van der Waals surface area contributed by atoms with Crippen molar-refractivity contribution in [2.45, 2.75) is 57.6 Å². The highest BCUT2D eigenvalue weighted by Gasteiger charge is 2.34. The van der Waals surface area contributed by atoms with E-state index in [2.05, 4.69) is 5.32 Å². The minimum Gasteiger partial charge on any atom is -0.497 e. The van der Waals surface area contributed by atoms with Gasteiger partial charge in [0.1, 0.15) is 18.3 Å². The van der Waals surface area contributed by atoms with Gasteiger partial charge in [0, 0.05) is 17.1 Å². The van der Waals surface area contributed by atoms with E-state index in [0.717, 1.165) is 9.87 Å². The molecule has 1 N–H and O–H groups in total. The number of hydrogen-bond donors (Lipinski definition) is 1. The van der Waals surface area contributed by atoms with Crippen LogP contribution in [0, 0.1) is 6.92 Å². The SMILES string of the molecule is COc1cccc(CN(C(=O)CN(c2cccc(Cl)c2C)S(=O)(=O)c2ccccc2)C(C)C(=O)NC(C)(C)C)c1. The van der Waals surface area contributed by atoms with Gasteiger partial charge in [0.2, 0.25) is 11.8 Å². The number of anilines is 1. The fourth-order valence-electron chi connectivity index (χ4n) is 4.12. The molecule has 0 aliphatic heterocycles. The largest absolute Gasteiger partial charge is 0.497 e. The number of benzene rings is 3. The molecule has 0 bridgehead atoms. The molecule has 0 fully saturated rings. The third-order valence-corrected chi connectivity index (χ3v) is 8.45. The van der Waals surface area contributed by atoms with E-state index in [0.29, 0.717) is 16.3 Å². The summed E-state index contributed by atoms with van der Waals surface area (Å²) in [6.45, 7) is 8.38. The minimum absolute atomic E-state index is 0.0278. The van der Waals surface area contributed by atoms with Crippen molar-refractivity contribution in [1.29, 1.82) is 0 Å². The molecular formula is C30H36ClN3O5S. The monoisotopic (exact) mass is 585 g/mol. The molecule has 0 heterocycles. The van der Waals surface area contributed by atoms with Crippen LogP contribution in [0.15, 0.2) is 77.7 Å². The second-order valence-electron chi connectivity index (χ2n) is 10.5. The Hall–Kier alpha value is -3.56. The number of hydrogen-bond acceptors (Lipinski definition) is 5. The van der Waals surface area contributed by atoms with Gasteiger partial charge in [0.25, 0.3) is 10.0 Å². The molecule has 0 aliphatic rings. The van der Waals surface area contributed by atoms with Gasteiger partial charge in [-0.05, 0) is 82.1 Å². The number of methoxy groups -OCH3 is 1. The molecule has 3 aromatic rings. The number of nitrogens with zero attached hydrogens (tertiary/aromatic N) is 2. The van der Waals surface area contributed by atoms with Crippen molar-refractivity contribution in [2.75, 3.05) is 18.0 Å². The molecular weight excluding hydrogens is 550 g/mol. The normalized spacial score (nSPS) is 12.4. The van der Waals surface area contributed by atoms with Crippen LogP contribution in [0.25, 0.3) is 0 Å². The zero-order valence-corrected chi connectivity index (χ0v) is 25.2. The van der Waals surface area contributed by atoms with Crippen molar-refractivity contribution in [3.63, 3.8) is 0 Å². The van der Waals surface area contributed by atoms with Gasteiger partial charge in [-0.3, -0.25) is 13.9 Å². The Morgan fingerprint density at radius 3 is 2.27 bits per heavy atom. The fraction of sp³-hybridized carbons (Fsp3) is 0.333.